The van der Waals surface area contributed by atoms with Crippen molar-refractivity contribution in [3.05, 3.63) is 59.7 Å². The van der Waals surface area contributed by atoms with Crippen LogP contribution in [0.3, 0.4) is 0 Å². The highest BCUT2D eigenvalue weighted by molar-refractivity contribution is 5.83. The first-order chi connectivity index (χ1) is 12.5. The zero-order valence-electron chi connectivity index (χ0n) is 14.5. The summed E-state index contributed by atoms with van der Waals surface area (Å²) >= 11 is 0. The lowest BCUT2D eigenvalue weighted by Gasteiger charge is -2.48. The van der Waals surface area contributed by atoms with E-state index in [1.54, 1.807) is 48.5 Å². The van der Waals surface area contributed by atoms with Gasteiger partial charge in [0.1, 0.15) is 11.5 Å². The fourth-order valence-electron chi connectivity index (χ4n) is 3.84. The average molecular weight is 356 g/mol. The summed E-state index contributed by atoms with van der Waals surface area (Å²) in [6, 6.07) is 13.8. The molecule has 0 spiro atoms. The average Bonchev–Trinajstić information content (AvgIpc) is 2.61. The second-order valence-electron chi connectivity index (χ2n) is 6.33. The van der Waals surface area contributed by atoms with Crippen molar-refractivity contribution in [2.45, 2.75) is 11.8 Å². The molecule has 0 saturated heterocycles. The quantitative estimate of drug-likeness (QED) is 0.826. The van der Waals surface area contributed by atoms with Gasteiger partial charge in [0.05, 0.1) is 26.1 Å². The van der Waals surface area contributed by atoms with Gasteiger partial charge in [0, 0.05) is 11.8 Å². The van der Waals surface area contributed by atoms with Crippen molar-refractivity contribution in [1.29, 1.82) is 0 Å². The summed E-state index contributed by atoms with van der Waals surface area (Å²) in [5, 5.41) is 19.5. The summed E-state index contributed by atoms with van der Waals surface area (Å²) in [7, 11) is 3.08. The Morgan fingerprint density at radius 1 is 0.692 bits per heavy atom. The lowest BCUT2D eigenvalue weighted by atomic mass is 9.52. The van der Waals surface area contributed by atoms with Gasteiger partial charge in [0.25, 0.3) is 0 Å². The van der Waals surface area contributed by atoms with E-state index in [0.29, 0.717) is 22.6 Å². The molecular weight excluding hydrogens is 336 g/mol. The van der Waals surface area contributed by atoms with Crippen LogP contribution in [0.1, 0.15) is 23.0 Å². The molecule has 0 atom stereocenters. The molecule has 0 radical (unpaired) electrons. The van der Waals surface area contributed by atoms with E-state index in [4.69, 9.17) is 9.47 Å². The topological polar surface area (TPSA) is 93.1 Å². The zero-order chi connectivity index (χ0) is 18.8. The van der Waals surface area contributed by atoms with Crippen LogP contribution in [0.4, 0.5) is 0 Å². The molecule has 136 valence electrons. The fourth-order valence-corrected chi connectivity index (χ4v) is 3.84. The van der Waals surface area contributed by atoms with Crippen molar-refractivity contribution in [1.82, 2.24) is 0 Å². The molecule has 6 nitrogen and oxygen atoms in total. The molecule has 0 aromatic heterocycles. The highest BCUT2D eigenvalue weighted by atomic mass is 16.5. The summed E-state index contributed by atoms with van der Waals surface area (Å²) in [6.45, 7) is 0. The molecular formula is C20H20O6. The third-order valence-electron chi connectivity index (χ3n) is 5.12. The number of methoxy groups -OCH3 is 2. The number of aliphatic carboxylic acids is 2. The van der Waals surface area contributed by atoms with Crippen LogP contribution in [0, 0.1) is 11.8 Å². The first-order valence-electron chi connectivity index (χ1n) is 8.21. The maximum absolute atomic E-state index is 11.9. The third-order valence-corrected chi connectivity index (χ3v) is 5.12. The van der Waals surface area contributed by atoms with Crippen molar-refractivity contribution in [2.24, 2.45) is 11.8 Å². The van der Waals surface area contributed by atoms with E-state index >= 15 is 0 Å². The monoisotopic (exact) mass is 356 g/mol. The molecule has 1 aliphatic carbocycles. The van der Waals surface area contributed by atoms with Gasteiger partial charge in [-0.25, -0.2) is 0 Å². The van der Waals surface area contributed by atoms with E-state index in [1.807, 2.05) is 0 Å². The number of carboxylic acid groups (broad SMARTS) is 2. The molecule has 2 aromatic carbocycles. The van der Waals surface area contributed by atoms with E-state index in [0.717, 1.165) is 0 Å². The van der Waals surface area contributed by atoms with Crippen molar-refractivity contribution in [2.75, 3.05) is 14.2 Å². The summed E-state index contributed by atoms with van der Waals surface area (Å²) in [6.07, 6.45) is 0. The molecule has 0 bridgehead atoms. The molecule has 2 N–H and O–H groups in total. The van der Waals surface area contributed by atoms with E-state index < -0.39 is 35.6 Å². The Hall–Kier alpha value is -3.02. The van der Waals surface area contributed by atoms with Crippen molar-refractivity contribution in [3.8, 4) is 11.5 Å². The Bertz CT molecular complexity index is 719. The van der Waals surface area contributed by atoms with Crippen LogP contribution in [-0.4, -0.2) is 36.4 Å². The van der Waals surface area contributed by atoms with Crippen molar-refractivity contribution >= 4 is 11.9 Å². The molecule has 1 saturated carbocycles. The Kier molecular flexibility index (Phi) is 4.84. The molecule has 2 aromatic rings. The van der Waals surface area contributed by atoms with E-state index in [2.05, 4.69) is 0 Å². The summed E-state index contributed by atoms with van der Waals surface area (Å²) in [5.74, 6) is -3.52. The molecule has 1 aliphatic rings. The molecule has 6 heteroatoms. The van der Waals surface area contributed by atoms with Gasteiger partial charge in [0.15, 0.2) is 0 Å². The molecule has 1 fully saturated rings. The highest BCUT2D eigenvalue weighted by Gasteiger charge is 2.58. The van der Waals surface area contributed by atoms with E-state index in [9.17, 15) is 19.8 Å². The van der Waals surface area contributed by atoms with Crippen LogP contribution < -0.4 is 9.47 Å². The SMILES string of the molecule is COc1ccc(C2C(C(=O)O)C(c3ccc(OC)cc3)C2C(=O)O)cc1. The van der Waals surface area contributed by atoms with Crippen molar-refractivity contribution < 1.29 is 29.3 Å². The third kappa shape index (κ3) is 2.98. The maximum Gasteiger partial charge on any atom is 0.307 e. The van der Waals surface area contributed by atoms with Gasteiger partial charge in [-0.1, -0.05) is 24.3 Å². The predicted molar refractivity (Wildman–Crippen MR) is 93.7 cm³/mol. The second kappa shape index (κ2) is 7.07. The van der Waals surface area contributed by atoms with Gasteiger partial charge in [0.2, 0.25) is 0 Å². The molecule has 3 rings (SSSR count). The van der Waals surface area contributed by atoms with Gasteiger partial charge >= 0.3 is 11.9 Å². The van der Waals surface area contributed by atoms with Crippen LogP contribution in [0.2, 0.25) is 0 Å². The Balaban J connectivity index is 1.98. The first kappa shape index (κ1) is 17.8. The number of carbonyl (C=O) groups is 2. The number of hydrogen-bond acceptors (Lipinski definition) is 4. The van der Waals surface area contributed by atoms with Crippen LogP contribution in [0.25, 0.3) is 0 Å². The van der Waals surface area contributed by atoms with Crippen LogP contribution in [-0.2, 0) is 9.59 Å². The number of carboxylic acids is 2. The molecule has 26 heavy (non-hydrogen) atoms. The minimum atomic E-state index is -0.996. The van der Waals surface area contributed by atoms with Crippen LogP contribution >= 0.6 is 0 Å². The second-order valence-corrected chi connectivity index (χ2v) is 6.33. The predicted octanol–water partition coefficient (Wildman–Crippen LogP) is 2.99. The van der Waals surface area contributed by atoms with Crippen LogP contribution in [0.15, 0.2) is 48.5 Å². The molecule has 0 aliphatic heterocycles. The van der Waals surface area contributed by atoms with Gasteiger partial charge in [-0.15, -0.1) is 0 Å². The lowest BCUT2D eigenvalue weighted by molar-refractivity contribution is -0.159. The normalized spacial score (nSPS) is 24.4. The molecule has 0 amide bonds. The fraction of sp³-hybridized carbons (Fsp3) is 0.300. The van der Waals surface area contributed by atoms with Gasteiger partial charge in [-0.3, -0.25) is 9.59 Å². The first-order valence-corrected chi connectivity index (χ1v) is 8.21. The lowest BCUT2D eigenvalue weighted by Crippen LogP contribution is -2.50. The molecule has 0 heterocycles. The molecule has 0 unspecified atom stereocenters. The smallest absolute Gasteiger partial charge is 0.307 e. The van der Waals surface area contributed by atoms with E-state index in [-0.39, 0.29) is 0 Å². The highest BCUT2D eigenvalue weighted by Crippen LogP contribution is 2.57. The number of rotatable bonds is 6. The summed E-state index contributed by atoms with van der Waals surface area (Å²) in [5.41, 5.74) is 1.38. The van der Waals surface area contributed by atoms with E-state index in [1.165, 1.54) is 14.2 Å². The minimum absolute atomic E-state index is 0.594. The number of ether oxygens (including phenoxy) is 2. The number of hydrogen-bond donors (Lipinski definition) is 2. The van der Waals surface area contributed by atoms with Gasteiger partial charge in [-0.05, 0) is 35.4 Å². The van der Waals surface area contributed by atoms with Gasteiger partial charge in [-0.2, -0.15) is 0 Å². The van der Waals surface area contributed by atoms with Crippen LogP contribution in [0.5, 0.6) is 11.5 Å². The maximum atomic E-state index is 11.9. The number of benzene rings is 2. The standard InChI is InChI=1S/C20H20O6/c1-25-13-7-3-11(4-8-13)15-17(19(21)22)16(18(15)20(23)24)12-5-9-14(26-2)10-6-12/h3-10,15-18H,1-2H3,(H,21,22)(H,23,24). The Labute approximate surface area is 151 Å². The largest absolute Gasteiger partial charge is 0.497 e. The van der Waals surface area contributed by atoms with Crippen molar-refractivity contribution in [3.63, 3.8) is 0 Å². The zero-order valence-corrected chi connectivity index (χ0v) is 14.5. The Morgan fingerprint density at radius 3 is 1.23 bits per heavy atom. The van der Waals surface area contributed by atoms with Gasteiger partial charge < -0.3 is 19.7 Å². The summed E-state index contributed by atoms with van der Waals surface area (Å²) < 4.78 is 10.2. The minimum Gasteiger partial charge on any atom is -0.497 e. The Morgan fingerprint density at radius 2 is 1.00 bits per heavy atom. The summed E-state index contributed by atoms with van der Waals surface area (Å²) in [4.78, 5) is 23.8.